The van der Waals surface area contributed by atoms with Gasteiger partial charge in [-0.3, -0.25) is 4.90 Å². The second-order valence-electron chi connectivity index (χ2n) is 4.56. The summed E-state index contributed by atoms with van der Waals surface area (Å²) in [6.07, 6.45) is 2.51. The Morgan fingerprint density at radius 2 is 1.82 bits per heavy atom. The zero-order chi connectivity index (χ0) is 8.70. The maximum absolute atomic E-state index is 6.22. The number of hydrogen-bond donors (Lipinski definition) is 1. The maximum Gasteiger partial charge on any atom is 0.0708 e. The molecule has 0 aromatic heterocycles. The molecular weight excluding hydrogens is 136 g/mol. The van der Waals surface area contributed by atoms with Crippen molar-refractivity contribution >= 4 is 0 Å². The molecular formula is C9H20N2. The summed E-state index contributed by atoms with van der Waals surface area (Å²) in [6.45, 7) is 7.77. The van der Waals surface area contributed by atoms with Crippen molar-refractivity contribution in [3.63, 3.8) is 0 Å². The van der Waals surface area contributed by atoms with Gasteiger partial charge in [0.25, 0.3) is 0 Å². The van der Waals surface area contributed by atoms with Crippen molar-refractivity contribution in [1.82, 2.24) is 4.90 Å². The average Bonchev–Trinajstić information content (AvgIpc) is 1.84. The summed E-state index contributed by atoms with van der Waals surface area (Å²) in [5, 5.41) is 0. The van der Waals surface area contributed by atoms with Gasteiger partial charge in [0.1, 0.15) is 0 Å². The molecule has 1 heterocycles. The van der Waals surface area contributed by atoms with Crippen LogP contribution in [0.2, 0.25) is 0 Å². The lowest BCUT2D eigenvalue weighted by atomic mass is 9.73. The average molecular weight is 156 g/mol. The molecule has 1 fully saturated rings. The Bertz CT molecular complexity index is 150. The smallest absolute Gasteiger partial charge is 0.0708 e. The van der Waals surface area contributed by atoms with Crippen molar-refractivity contribution in [1.29, 1.82) is 0 Å². The molecule has 1 aliphatic heterocycles. The Morgan fingerprint density at radius 3 is 2.18 bits per heavy atom. The molecule has 1 saturated heterocycles. The molecule has 0 saturated carbocycles. The first-order valence-electron chi connectivity index (χ1n) is 4.38. The lowest BCUT2D eigenvalue weighted by molar-refractivity contribution is -0.0218. The molecule has 2 heteroatoms. The van der Waals surface area contributed by atoms with E-state index in [9.17, 15) is 0 Å². The number of likely N-dealkylation sites (tertiary alicyclic amines) is 1. The van der Waals surface area contributed by atoms with Crippen LogP contribution in [0.15, 0.2) is 0 Å². The fraction of sp³-hybridized carbons (Fsp3) is 1.00. The van der Waals surface area contributed by atoms with Gasteiger partial charge in [0.15, 0.2) is 0 Å². The number of nitrogens with two attached hydrogens (primary N) is 1. The molecule has 0 aromatic carbocycles. The highest BCUT2D eigenvalue weighted by Crippen LogP contribution is 2.38. The molecule has 0 aliphatic carbocycles. The lowest BCUT2D eigenvalue weighted by Crippen LogP contribution is -2.63. The van der Waals surface area contributed by atoms with Crippen molar-refractivity contribution in [3.05, 3.63) is 0 Å². The van der Waals surface area contributed by atoms with Crippen LogP contribution < -0.4 is 5.73 Å². The van der Waals surface area contributed by atoms with Gasteiger partial charge >= 0.3 is 0 Å². The third kappa shape index (κ3) is 1.30. The minimum atomic E-state index is -0.134. The van der Waals surface area contributed by atoms with Crippen LogP contribution in [0.25, 0.3) is 0 Å². The van der Waals surface area contributed by atoms with E-state index in [2.05, 4.69) is 32.7 Å². The largest absolute Gasteiger partial charge is 0.313 e. The van der Waals surface area contributed by atoms with Gasteiger partial charge in [0.2, 0.25) is 0 Å². The molecule has 1 unspecified atom stereocenters. The van der Waals surface area contributed by atoms with E-state index in [0.29, 0.717) is 0 Å². The van der Waals surface area contributed by atoms with Gasteiger partial charge in [-0.1, -0.05) is 13.8 Å². The summed E-state index contributed by atoms with van der Waals surface area (Å²) in [6, 6.07) is 0. The minimum absolute atomic E-state index is 0.134. The van der Waals surface area contributed by atoms with E-state index >= 15 is 0 Å². The van der Waals surface area contributed by atoms with Crippen molar-refractivity contribution < 1.29 is 0 Å². The standard InChI is InChI=1S/C9H20N2/c1-8(2)6-5-7-11(4)9(8,3)10/h5-7,10H2,1-4H3. The van der Waals surface area contributed by atoms with Crippen LogP contribution in [0.5, 0.6) is 0 Å². The Kier molecular flexibility index (Phi) is 2.01. The lowest BCUT2D eigenvalue weighted by Gasteiger charge is -2.51. The molecule has 2 N–H and O–H groups in total. The van der Waals surface area contributed by atoms with Crippen LogP contribution in [0.4, 0.5) is 0 Å². The van der Waals surface area contributed by atoms with Crippen molar-refractivity contribution in [2.24, 2.45) is 11.1 Å². The Hall–Kier alpha value is -0.0800. The summed E-state index contributed by atoms with van der Waals surface area (Å²) < 4.78 is 0. The summed E-state index contributed by atoms with van der Waals surface area (Å²) in [5.41, 5.74) is 6.34. The first kappa shape index (κ1) is 9.01. The topological polar surface area (TPSA) is 29.3 Å². The summed E-state index contributed by atoms with van der Waals surface area (Å²) >= 11 is 0. The van der Waals surface area contributed by atoms with Crippen LogP contribution in [-0.4, -0.2) is 24.2 Å². The third-order valence-electron chi connectivity index (χ3n) is 3.46. The quantitative estimate of drug-likeness (QED) is 0.574. The molecule has 66 valence electrons. The number of nitrogens with zero attached hydrogens (tertiary/aromatic N) is 1. The number of piperidine rings is 1. The van der Waals surface area contributed by atoms with Gasteiger partial charge < -0.3 is 5.73 Å². The van der Waals surface area contributed by atoms with E-state index in [1.165, 1.54) is 12.8 Å². The monoisotopic (exact) mass is 156 g/mol. The van der Waals surface area contributed by atoms with Crippen LogP contribution in [0.1, 0.15) is 33.6 Å². The molecule has 1 atom stereocenters. The fourth-order valence-corrected chi connectivity index (χ4v) is 1.76. The molecule has 0 aromatic rings. The first-order chi connectivity index (χ1) is 4.88. The van der Waals surface area contributed by atoms with Crippen LogP contribution in [-0.2, 0) is 0 Å². The Balaban J connectivity index is 2.82. The van der Waals surface area contributed by atoms with Crippen LogP contribution >= 0.6 is 0 Å². The molecule has 1 aliphatic rings. The van der Waals surface area contributed by atoms with Crippen molar-refractivity contribution in [2.75, 3.05) is 13.6 Å². The van der Waals surface area contributed by atoms with E-state index in [-0.39, 0.29) is 11.1 Å². The molecule has 2 nitrogen and oxygen atoms in total. The SMILES string of the molecule is CN1CCCC(C)(C)C1(C)N. The van der Waals surface area contributed by atoms with Gasteiger partial charge in [0.05, 0.1) is 5.66 Å². The maximum atomic E-state index is 6.22. The van der Waals surface area contributed by atoms with Gasteiger partial charge in [0, 0.05) is 0 Å². The van der Waals surface area contributed by atoms with E-state index in [1.807, 2.05) is 0 Å². The van der Waals surface area contributed by atoms with Crippen molar-refractivity contribution in [2.45, 2.75) is 39.3 Å². The second kappa shape index (κ2) is 2.46. The second-order valence-corrected chi connectivity index (χ2v) is 4.56. The Morgan fingerprint density at radius 1 is 1.27 bits per heavy atom. The summed E-state index contributed by atoms with van der Waals surface area (Å²) in [7, 11) is 2.11. The van der Waals surface area contributed by atoms with Gasteiger partial charge in [-0.25, -0.2) is 0 Å². The van der Waals surface area contributed by atoms with E-state index in [0.717, 1.165) is 6.54 Å². The zero-order valence-electron chi connectivity index (χ0n) is 8.15. The normalized spacial score (nSPS) is 39.0. The van der Waals surface area contributed by atoms with Gasteiger partial charge in [-0.05, 0) is 38.8 Å². The number of hydrogen-bond acceptors (Lipinski definition) is 2. The highest BCUT2D eigenvalue weighted by atomic mass is 15.3. The molecule has 0 bridgehead atoms. The van der Waals surface area contributed by atoms with E-state index < -0.39 is 0 Å². The van der Waals surface area contributed by atoms with Crippen LogP contribution in [0.3, 0.4) is 0 Å². The molecule has 0 spiro atoms. The zero-order valence-corrected chi connectivity index (χ0v) is 8.15. The van der Waals surface area contributed by atoms with Crippen molar-refractivity contribution in [3.8, 4) is 0 Å². The minimum Gasteiger partial charge on any atom is -0.313 e. The predicted molar refractivity (Wildman–Crippen MR) is 48.2 cm³/mol. The van der Waals surface area contributed by atoms with Crippen LogP contribution in [0, 0.1) is 5.41 Å². The summed E-state index contributed by atoms with van der Waals surface area (Å²) in [5.74, 6) is 0. The van der Waals surface area contributed by atoms with E-state index in [1.54, 1.807) is 0 Å². The highest BCUT2D eigenvalue weighted by Gasteiger charge is 2.43. The Labute approximate surface area is 69.8 Å². The first-order valence-corrected chi connectivity index (χ1v) is 4.38. The highest BCUT2D eigenvalue weighted by molar-refractivity contribution is 4.95. The van der Waals surface area contributed by atoms with Gasteiger partial charge in [-0.15, -0.1) is 0 Å². The molecule has 11 heavy (non-hydrogen) atoms. The summed E-state index contributed by atoms with van der Waals surface area (Å²) in [4.78, 5) is 2.26. The molecule has 0 radical (unpaired) electrons. The van der Waals surface area contributed by atoms with E-state index in [4.69, 9.17) is 5.73 Å². The van der Waals surface area contributed by atoms with Gasteiger partial charge in [-0.2, -0.15) is 0 Å². The number of rotatable bonds is 0. The third-order valence-corrected chi connectivity index (χ3v) is 3.46. The fourth-order valence-electron chi connectivity index (χ4n) is 1.76. The predicted octanol–water partition coefficient (Wildman–Crippen LogP) is 1.41. The molecule has 1 rings (SSSR count). The molecule has 0 amide bonds.